The number of hydrogen-bond donors (Lipinski definition) is 1. The molecule has 0 aromatic heterocycles. The number of allylic oxidation sites excluding steroid dienone is 1. The van der Waals surface area contributed by atoms with Crippen LogP contribution in [-0.4, -0.2) is 13.1 Å². The van der Waals surface area contributed by atoms with Crippen molar-refractivity contribution in [3.05, 3.63) is 11.6 Å². The van der Waals surface area contributed by atoms with Gasteiger partial charge in [-0.3, -0.25) is 0 Å². The van der Waals surface area contributed by atoms with Crippen molar-refractivity contribution >= 4 is 0 Å². The second-order valence-electron chi connectivity index (χ2n) is 5.32. The van der Waals surface area contributed by atoms with Gasteiger partial charge in [0.2, 0.25) is 0 Å². The Bertz CT molecular complexity index is 188. The molecule has 0 radical (unpaired) electrons. The Kier molecular flexibility index (Phi) is 6.00. The Balaban J connectivity index is 2.08. The minimum absolute atomic E-state index is 0.768. The minimum atomic E-state index is 0.768. The molecule has 0 bridgehead atoms. The standard InChI is InChI=1S/C14H27N/c1-12(2)11-15-10-6-7-13(3)14-8-4-5-9-14/h7,12,14-15H,4-6,8-11H2,1-3H3. The molecule has 0 amide bonds. The maximum Gasteiger partial charge on any atom is -0.00141 e. The van der Waals surface area contributed by atoms with Crippen LogP contribution >= 0.6 is 0 Å². The molecule has 1 heteroatoms. The monoisotopic (exact) mass is 209 g/mol. The van der Waals surface area contributed by atoms with Gasteiger partial charge in [0.25, 0.3) is 0 Å². The van der Waals surface area contributed by atoms with Crippen LogP contribution in [0.1, 0.15) is 52.9 Å². The predicted molar refractivity (Wildman–Crippen MR) is 68.0 cm³/mol. The van der Waals surface area contributed by atoms with E-state index in [1.165, 1.54) is 32.1 Å². The largest absolute Gasteiger partial charge is 0.316 e. The fourth-order valence-corrected chi connectivity index (χ4v) is 2.34. The molecule has 1 fully saturated rings. The van der Waals surface area contributed by atoms with Crippen molar-refractivity contribution in [1.82, 2.24) is 5.32 Å². The lowest BCUT2D eigenvalue weighted by Crippen LogP contribution is -2.20. The average Bonchev–Trinajstić information content (AvgIpc) is 2.69. The molecular formula is C14H27N. The zero-order valence-electron chi connectivity index (χ0n) is 10.7. The molecule has 0 unspecified atom stereocenters. The SMILES string of the molecule is CC(=CCCNCC(C)C)C1CCCC1. The first kappa shape index (κ1) is 12.8. The van der Waals surface area contributed by atoms with Gasteiger partial charge in [-0.05, 0) is 51.1 Å². The third-order valence-electron chi connectivity index (χ3n) is 3.34. The highest BCUT2D eigenvalue weighted by molar-refractivity contribution is 5.05. The van der Waals surface area contributed by atoms with Crippen LogP contribution in [0.5, 0.6) is 0 Å². The molecule has 0 heterocycles. The highest BCUT2D eigenvalue weighted by Gasteiger charge is 2.15. The van der Waals surface area contributed by atoms with E-state index < -0.39 is 0 Å². The van der Waals surface area contributed by atoms with E-state index >= 15 is 0 Å². The highest BCUT2D eigenvalue weighted by atomic mass is 14.8. The van der Waals surface area contributed by atoms with Crippen LogP contribution in [0.2, 0.25) is 0 Å². The Morgan fingerprint density at radius 3 is 2.60 bits per heavy atom. The van der Waals surface area contributed by atoms with E-state index in [4.69, 9.17) is 0 Å². The molecule has 0 aromatic rings. The van der Waals surface area contributed by atoms with Crippen LogP contribution < -0.4 is 5.32 Å². The topological polar surface area (TPSA) is 12.0 Å². The summed E-state index contributed by atoms with van der Waals surface area (Å²) in [5, 5.41) is 3.49. The summed E-state index contributed by atoms with van der Waals surface area (Å²) in [4.78, 5) is 0. The average molecular weight is 209 g/mol. The van der Waals surface area contributed by atoms with Crippen molar-refractivity contribution < 1.29 is 0 Å². The number of rotatable bonds is 6. The molecule has 15 heavy (non-hydrogen) atoms. The smallest absolute Gasteiger partial charge is 0.00141 e. The maximum atomic E-state index is 3.49. The van der Waals surface area contributed by atoms with Gasteiger partial charge in [-0.2, -0.15) is 0 Å². The third-order valence-corrected chi connectivity index (χ3v) is 3.34. The lowest BCUT2D eigenvalue weighted by molar-refractivity contribution is 0.554. The second-order valence-corrected chi connectivity index (χ2v) is 5.32. The Morgan fingerprint density at radius 2 is 2.00 bits per heavy atom. The van der Waals surface area contributed by atoms with Crippen molar-refractivity contribution in [1.29, 1.82) is 0 Å². The quantitative estimate of drug-likeness (QED) is 0.519. The third kappa shape index (κ3) is 5.36. The lowest BCUT2D eigenvalue weighted by Gasteiger charge is -2.10. The summed E-state index contributed by atoms with van der Waals surface area (Å²) in [5.74, 6) is 1.68. The highest BCUT2D eigenvalue weighted by Crippen LogP contribution is 2.30. The maximum absolute atomic E-state index is 3.49. The van der Waals surface area contributed by atoms with E-state index in [9.17, 15) is 0 Å². The molecule has 0 saturated heterocycles. The predicted octanol–water partition coefficient (Wildman–Crippen LogP) is 3.76. The Morgan fingerprint density at radius 1 is 1.33 bits per heavy atom. The van der Waals surface area contributed by atoms with Crippen LogP contribution in [-0.2, 0) is 0 Å². The zero-order valence-corrected chi connectivity index (χ0v) is 10.7. The summed E-state index contributed by atoms with van der Waals surface area (Å²) in [6, 6.07) is 0. The van der Waals surface area contributed by atoms with Gasteiger partial charge in [0.1, 0.15) is 0 Å². The van der Waals surface area contributed by atoms with Gasteiger partial charge in [-0.25, -0.2) is 0 Å². The molecule has 1 rings (SSSR count). The van der Waals surface area contributed by atoms with E-state index in [0.717, 1.165) is 24.9 Å². The number of hydrogen-bond acceptors (Lipinski definition) is 1. The Hall–Kier alpha value is -0.300. The van der Waals surface area contributed by atoms with Gasteiger partial charge >= 0.3 is 0 Å². The first-order valence-electron chi connectivity index (χ1n) is 6.57. The first-order chi connectivity index (χ1) is 7.20. The molecule has 0 atom stereocenters. The first-order valence-corrected chi connectivity index (χ1v) is 6.57. The fraction of sp³-hybridized carbons (Fsp3) is 0.857. The number of nitrogens with one attached hydrogen (secondary N) is 1. The molecule has 0 aromatic carbocycles. The van der Waals surface area contributed by atoms with Crippen molar-refractivity contribution in [3.8, 4) is 0 Å². The van der Waals surface area contributed by atoms with Crippen LogP contribution in [0, 0.1) is 11.8 Å². The van der Waals surface area contributed by atoms with Gasteiger partial charge in [-0.1, -0.05) is 38.3 Å². The summed E-state index contributed by atoms with van der Waals surface area (Å²) in [5.41, 5.74) is 1.64. The van der Waals surface area contributed by atoms with E-state index in [0.29, 0.717) is 0 Å². The Labute approximate surface area is 95.3 Å². The molecule has 0 spiro atoms. The van der Waals surface area contributed by atoms with E-state index in [-0.39, 0.29) is 0 Å². The van der Waals surface area contributed by atoms with Crippen molar-refractivity contribution in [2.24, 2.45) is 11.8 Å². The second kappa shape index (κ2) is 7.05. The molecule has 88 valence electrons. The van der Waals surface area contributed by atoms with Crippen LogP contribution in [0.25, 0.3) is 0 Å². The molecular weight excluding hydrogens is 182 g/mol. The van der Waals surface area contributed by atoms with Gasteiger partial charge in [-0.15, -0.1) is 0 Å². The zero-order chi connectivity index (χ0) is 11.1. The van der Waals surface area contributed by atoms with Crippen molar-refractivity contribution in [2.75, 3.05) is 13.1 Å². The normalized spacial score (nSPS) is 19.1. The molecule has 1 aliphatic carbocycles. The van der Waals surface area contributed by atoms with E-state index in [2.05, 4.69) is 32.2 Å². The summed E-state index contributed by atoms with van der Waals surface area (Å²) in [6.07, 6.45) is 9.41. The molecule has 1 aliphatic rings. The van der Waals surface area contributed by atoms with Crippen LogP contribution in [0.15, 0.2) is 11.6 Å². The van der Waals surface area contributed by atoms with Crippen LogP contribution in [0.3, 0.4) is 0 Å². The summed E-state index contributed by atoms with van der Waals surface area (Å²) in [7, 11) is 0. The van der Waals surface area contributed by atoms with Crippen molar-refractivity contribution in [2.45, 2.75) is 52.9 Å². The fourth-order valence-electron chi connectivity index (χ4n) is 2.34. The van der Waals surface area contributed by atoms with Crippen molar-refractivity contribution in [3.63, 3.8) is 0 Å². The summed E-state index contributed by atoms with van der Waals surface area (Å²) >= 11 is 0. The van der Waals surface area contributed by atoms with Crippen LogP contribution in [0.4, 0.5) is 0 Å². The van der Waals surface area contributed by atoms with E-state index in [1.54, 1.807) is 5.57 Å². The van der Waals surface area contributed by atoms with E-state index in [1.807, 2.05) is 0 Å². The lowest BCUT2D eigenvalue weighted by atomic mass is 9.98. The molecule has 1 nitrogen and oxygen atoms in total. The van der Waals surface area contributed by atoms with Gasteiger partial charge in [0.15, 0.2) is 0 Å². The summed E-state index contributed by atoms with van der Waals surface area (Å²) < 4.78 is 0. The van der Waals surface area contributed by atoms with Gasteiger partial charge < -0.3 is 5.32 Å². The molecule has 0 aliphatic heterocycles. The summed E-state index contributed by atoms with van der Waals surface area (Å²) in [6.45, 7) is 9.12. The van der Waals surface area contributed by atoms with Gasteiger partial charge in [0, 0.05) is 0 Å². The van der Waals surface area contributed by atoms with Gasteiger partial charge in [0.05, 0.1) is 0 Å². The molecule has 1 saturated carbocycles. The minimum Gasteiger partial charge on any atom is -0.316 e. The molecule has 1 N–H and O–H groups in total.